The fourth-order valence-electron chi connectivity index (χ4n) is 2.15. The van der Waals surface area contributed by atoms with Crippen LogP contribution in [0.3, 0.4) is 0 Å². The molecular formula is C18H16N2O3S. The quantitative estimate of drug-likeness (QED) is 0.687. The molecule has 2 heterocycles. The molecule has 5 nitrogen and oxygen atoms in total. The number of anilines is 1. The number of nitrogens with zero attached hydrogens (tertiary/aromatic N) is 2. The highest BCUT2D eigenvalue weighted by atomic mass is 32.2. The molecule has 0 amide bonds. The Morgan fingerprint density at radius 1 is 1.00 bits per heavy atom. The number of rotatable bonds is 6. The van der Waals surface area contributed by atoms with Gasteiger partial charge in [-0.3, -0.25) is 0 Å². The largest absolute Gasteiger partial charge is 0.467 e. The average molecular weight is 340 g/mol. The van der Waals surface area contributed by atoms with E-state index in [-0.39, 0.29) is 6.54 Å². The first-order valence-corrected chi connectivity index (χ1v) is 8.85. The second-order valence-electron chi connectivity index (χ2n) is 5.03. The maximum Gasteiger partial charge on any atom is 0.259 e. The van der Waals surface area contributed by atoms with Crippen molar-refractivity contribution in [2.75, 3.05) is 4.31 Å². The van der Waals surface area contributed by atoms with Crippen molar-refractivity contribution in [3.8, 4) is 0 Å². The van der Waals surface area contributed by atoms with E-state index in [0.717, 1.165) is 5.56 Å². The van der Waals surface area contributed by atoms with Crippen molar-refractivity contribution in [2.24, 2.45) is 0 Å². The number of sulfonamides is 1. The Morgan fingerprint density at radius 2 is 1.79 bits per heavy atom. The molecule has 3 aromatic rings. The molecule has 0 aliphatic carbocycles. The van der Waals surface area contributed by atoms with Crippen molar-refractivity contribution in [3.63, 3.8) is 0 Å². The second-order valence-corrected chi connectivity index (χ2v) is 6.78. The summed E-state index contributed by atoms with van der Waals surface area (Å²) in [7, 11) is -3.72. The van der Waals surface area contributed by atoms with Crippen LogP contribution in [0.1, 0.15) is 11.3 Å². The number of pyridine rings is 1. The summed E-state index contributed by atoms with van der Waals surface area (Å²) in [5.74, 6) is 0.879. The average Bonchev–Trinajstić information content (AvgIpc) is 3.13. The summed E-state index contributed by atoms with van der Waals surface area (Å²) < 4.78 is 32.1. The van der Waals surface area contributed by atoms with Crippen molar-refractivity contribution in [3.05, 3.63) is 89.9 Å². The molecule has 0 saturated carbocycles. The Hall–Kier alpha value is -2.86. The minimum atomic E-state index is -3.72. The van der Waals surface area contributed by atoms with Gasteiger partial charge in [0.25, 0.3) is 10.0 Å². The molecular weight excluding hydrogens is 324 g/mol. The zero-order valence-electron chi connectivity index (χ0n) is 12.8. The van der Waals surface area contributed by atoms with Crippen LogP contribution in [0.2, 0.25) is 0 Å². The third kappa shape index (κ3) is 3.91. The summed E-state index contributed by atoms with van der Waals surface area (Å²) in [5, 5.41) is 1.18. The summed E-state index contributed by atoms with van der Waals surface area (Å²) in [6.07, 6.45) is 4.63. The van der Waals surface area contributed by atoms with E-state index in [1.807, 2.05) is 30.3 Å². The Labute approximate surface area is 140 Å². The van der Waals surface area contributed by atoms with Crippen LogP contribution in [0.15, 0.2) is 82.9 Å². The van der Waals surface area contributed by atoms with Crippen LogP contribution in [0, 0.1) is 0 Å². The molecule has 3 rings (SSSR count). The van der Waals surface area contributed by atoms with Crippen molar-refractivity contribution in [2.45, 2.75) is 6.54 Å². The number of hydrogen-bond acceptors (Lipinski definition) is 4. The maximum absolute atomic E-state index is 12.8. The summed E-state index contributed by atoms with van der Waals surface area (Å²) in [6.45, 7) is 0.0749. The third-order valence-corrected chi connectivity index (χ3v) is 4.73. The van der Waals surface area contributed by atoms with Gasteiger partial charge in [-0.1, -0.05) is 36.4 Å². The maximum atomic E-state index is 12.8. The van der Waals surface area contributed by atoms with Gasteiger partial charge in [0.05, 0.1) is 18.2 Å². The minimum absolute atomic E-state index is 0.0749. The Balaban J connectivity index is 1.93. The van der Waals surface area contributed by atoms with E-state index in [1.54, 1.807) is 42.6 Å². The third-order valence-electron chi connectivity index (χ3n) is 3.32. The highest BCUT2D eigenvalue weighted by Gasteiger charge is 2.22. The van der Waals surface area contributed by atoms with E-state index in [4.69, 9.17) is 4.42 Å². The van der Waals surface area contributed by atoms with Crippen LogP contribution in [-0.2, 0) is 16.6 Å². The molecule has 0 aliphatic heterocycles. The highest BCUT2D eigenvalue weighted by Crippen LogP contribution is 2.20. The SMILES string of the molecule is O=S(=O)(/C=C/c1ccccc1)N(Cc1ccco1)c1ccccn1. The molecule has 0 unspecified atom stereocenters. The molecule has 0 fully saturated rings. The molecule has 0 N–H and O–H groups in total. The van der Waals surface area contributed by atoms with E-state index >= 15 is 0 Å². The first-order valence-electron chi connectivity index (χ1n) is 7.34. The fraction of sp³-hybridized carbons (Fsp3) is 0.0556. The molecule has 0 bridgehead atoms. The van der Waals surface area contributed by atoms with E-state index in [0.29, 0.717) is 11.6 Å². The van der Waals surface area contributed by atoms with Gasteiger partial charge in [-0.15, -0.1) is 0 Å². The molecule has 24 heavy (non-hydrogen) atoms. The number of benzene rings is 1. The lowest BCUT2D eigenvalue weighted by atomic mass is 10.2. The van der Waals surface area contributed by atoms with Crippen LogP contribution >= 0.6 is 0 Å². The van der Waals surface area contributed by atoms with Gasteiger partial charge >= 0.3 is 0 Å². The molecule has 6 heteroatoms. The molecule has 0 aliphatic rings. The Morgan fingerprint density at radius 3 is 2.46 bits per heavy atom. The lowest BCUT2D eigenvalue weighted by Crippen LogP contribution is -2.29. The number of hydrogen-bond donors (Lipinski definition) is 0. The lowest BCUT2D eigenvalue weighted by molar-refractivity contribution is 0.509. The van der Waals surface area contributed by atoms with Crippen molar-refractivity contribution in [1.29, 1.82) is 0 Å². The van der Waals surface area contributed by atoms with Gasteiger partial charge in [-0.05, 0) is 35.9 Å². The zero-order valence-corrected chi connectivity index (χ0v) is 13.6. The number of furan rings is 1. The molecule has 122 valence electrons. The summed E-state index contributed by atoms with van der Waals surface area (Å²) >= 11 is 0. The topological polar surface area (TPSA) is 63.4 Å². The van der Waals surface area contributed by atoms with E-state index < -0.39 is 10.0 Å². The summed E-state index contributed by atoms with van der Waals surface area (Å²) in [4.78, 5) is 4.15. The Bertz CT molecular complexity index is 890. The molecule has 1 aromatic carbocycles. The van der Waals surface area contributed by atoms with Gasteiger partial charge in [0.15, 0.2) is 0 Å². The van der Waals surface area contributed by atoms with Gasteiger partial charge in [0, 0.05) is 6.20 Å². The van der Waals surface area contributed by atoms with E-state index in [1.165, 1.54) is 16.0 Å². The van der Waals surface area contributed by atoms with Gasteiger partial charge in [0.1, 0.15) is 11.6 Å². The highest BCUT2D eigenvalue weighted by molar-refractivity contribution is 7.95. The first-order chi connectivity index (χ1) is 11.6. The van der Waals surface area contributed by atoms with Gasteiger partial charge < -0.3 is 4.42 Å². The zero-order chi connectivity index (χ0) is 16.8. The molecule has 0 radical (unpaired) electrons. The lowest BCUT2D eigenvalue weighted by Gasteiger charge is -2.20. The van der Waals surface area contributed by atoms with Crippen LogP contribution in [0.25, 0.3) is 6.08 Å². The van der Waals surface area contributed by atoms with Gasteiger partial charge in [-0.25, -0.2) is 17.7 Å². The molecule has 0 saturated heterocycles. The van der Waals surface area contributed by atoms with Crippen LogP contribution in [0.4, 0.5) is 5.82 Å². The molecule has 0 spiro atoms. The smallest absolute Gasteiger partial charge is 0.259 e. The normalized spacial score (nSPS) is 11.7. The summed E-state index contributed by atoms with van der Waals surface area (Å²) in [6, 6.07) is 17.8. The van der Waals surface area contributed by atoms with Crippen LogP contribution < -0.4 is 4.31 Å². The van der Waals surface area contributed by atoms with Crippen molar-refractivity contribution in [1.82, 2.24) is 4.98 Å². The fourth-order valence-corrected chi connectivity index (χ4v) is 3.30. The predicted molar refractivity (Wildman–Crippen MR) is 93.5 cm³/mol. The number of aromatic nitrogens is 1. The Kier molecular flexibility index (Phi) is 4.77. The minimum Gasteiger partial charge on any atom is -0.467 e. The van der Waals surface area contributed by atoms with Crippen molar-refractivity contribution >= 4 is 21.9 Å². The van der Waals surface area contributed by atoms with E-state index in [9.17, 15) is 8.42 Å². The van der Waals surface area contributed by atoms with Gasteiger partial charge in [0.2, 0.25) is 0 Å². The molecule has 2 aromatic heterocycles. The van der Waals surface area contributed by atoms with Gasteiger partial charge in [-0.2, -0.15) is 0 Å². The standard InChI is InChI=1S/C18H16N2O3S/c21-24(22,14-11-16-7-2-1-3-8-16)20(15-17-9-6-13-23-17)18-10-4-5-12-19-18/h1-14H,15H2/b14-11+. The summed E-state index contributed by atoms with van der Waals surface area (Å²) in [5.41, 5.74) is 0.806. The second kappa shape index (κ2) is 7.14. The van der Waals surface area contributed by atoms with Crippen LogP contribution in [0.5, 0.6) is 0 Å². The van der Waals surface area contributed by atoms with E-state index in [2.05, 4.69) is 4.98 Å². The van der Waals surface area contributed by atoms with Crippen LogP contribution in [-0.4, -0.2) is 13.4 Å². The van der Waals surface area contributed by atoms with Crippen molar-refractivity contribution < 1.29 is 12.8 Å². The predicted octanol–water partition coefficient (Wildman–Crippen LogP) is 3.68. The first kappa shape index (κ1) is 16.0. The monoisotopic (exact) mass is 340 g/mol. The molecule has 0 atom stereocenters.